The molecule has 3 aromatic rings. The zero-order valence-electron chi connectivity index (χ0n) is 29.6. The topological polar surface area (TPSA) is 157 Å². The summed E-state index contributed by atoms with van der Waals surface area (Å²) in [7, 11) is 1.54. The molecule has 0 radical (unpaired) electrons. The highest BCUT2D eigenvalue weighted by molar-refractivity contribution is 6.03. The minimum Gasteiger partial charge on any atom is -0.497 e. The molecule has 3 aromatic carbocycles. The number of hydrogen-bond donors (Lipinski definition) is 4. The summed E-state index contributed by atoms with van der Waals surface area (Å²) >= 11 is 0. The number of hydrogen-bond acceptors (Lipinski definition) is 7. The fourth-order valence-electron chi connectivity index (χ4n) is 6.31. The number of primary amides is 1. The van der Waals surface area contributed by atoms with E-state index in [0.29, 0.717) is 30.2 Å². The van der Waals surface area contributed by atoms with Crippen LogP contribution in [0, 0.1) is 11.2 Å². The maximum atomic E-state index is 14.7. The molecule has 0 saturated carbocycles. The minimum absolute atomic E-state index is 0.0137. The van der Waals surface area contributed by atoms with Crippen LogP contribution in [0.4, 0.5) is 4.39 Å². The quantitative estimate of drug-likeness (QED) is 0.150. The highest BCUT2D eigenvalue weighted by atomic mass is 19.1. The molecule has 4 rings (SSSR count). The van der Waals surface area contributed by atoms with Crippen LogP contribution in [0.5, 0.6) is 11.5 Å². The molecule has 51 heavy (non-hydrogen) atoms. The van der Waals surface area contributed by atoms with Crippen molar-refractivity contribution in [2.75, 3.05) is 20.2 Å². The SMILES string of the molecule is CCCN(CCC)C(=O)C1=CC(C(N)=O)=CC(C[C@@H](O)[C@@H](N)Cc2cc(F)cc(OCc3ccccc3)c2)(C(=O)NCc2cccc(OC)c2)C1. The molecular formula is C40H49FN4O6. The van der Waals surface area contributed by atoms with Gasteiger partial charge in [0.05, 0.1) is 18.6 Å². The number of nitrogens with one attached hydrogen (secondary N) is 1. The van der Waals surface area contributed by atoms with Crippen LogP contribution in [0.1, 0.15) is 56.2 Å². The molecule has 0 aromatic heterocycles. The first kappa shape index (κ1) is 38.8. The largest absolute Gasteiger partial charge is 0.497 e. The van der Waals surface area contributed by atoms with Gasteiger partial charge >= 0.3 is 0 Å². The summed E-state index contributed by atoms with van der Waals surface area (Å²) in [5.41, 5.74) is 13.1. The van der Waals surface area contributed by atoms with E-state index >= 15 is 0 Å². The van der Waals surface area contributed by atoms with Crippen LogP contribution in [-0.4, -0.2) is 60.1 Å². The standard InChI is InChI=1S/C40H49FN4O6/c1-4-14-45(15-5-2)38(48)31-20-30(37(43)47)22-40(23-31,39(49)44-25-28-12-9-13-33(17-28)50-3)24-36(46)35(42)19-29-16-32(41)21-34(18-29)51-26-27-10-7-6-8-11-27/h6-13,16-18,20-22,35-36,46H,4-5,14-15,19,23-26,42H2,1-3H3,(H2,43,47)(H,44,49)/t35-,36+,40?/m0/s1. The lowest BCUT2D eigenvalue weighted by Gasteiger charge is -2.37. The van der Waals surface area contributed by atoms with Crippen molar-refractivity contribution in [1.29, 1.82) is 0 Å². The highest BCUT2D eigenvalue weighted by Crippen LogP contribution is 2.40. The van der Waals surface area contributed by atoms with E-state index in [-0.39, 0.29) is 49.5 Å². The third-order valence-electron chi connectivity index (χ3n) is 8.86. The number of halogens is 1. The molecule has 0 spiro atoms. The molecule has 272 valence electrons. The average Bonchev–Trinajstić information content (AvgIpc) is 3.12. The fourth-order valence-corrected chi connectivity index (χ4v) is 6.31. The van der Waals surface area contributed by atoms with Crippen molar-refractivity contribution in [3.8, 4) is 11.5 Å². The number of aliphatic hydroxyl groups is 1. The van der Waals surface area contributed by atoms with E-state index in [1.54, 1.807) is 36.3 Å². The van der Waals surface area contributed by atoms with E-state index in [2.05, 4.69) is 5.32 Å². The van der Waals surface area contributed by atoms with Gasteiger partial charge in [-0.05, 0) is 79.1 Å². The van der Waals surface area contributed by atoms with Crippen LogP contribution in [0.15, 0.2) is 96.1 Å². The van der Waals surface area contributed by atoms with Gasteiger partial charge in [-0.1, -0.05) is 62.4 Å². The van der Waals surface area contributed by atoms with Gasteiger partial charge < -0.3 is 36.3 Å². The molecule has 0 aliphatic heterocycles. The summed E-state index contributed by atoms with van der Waals surface area (Å²) in [6.07, 6.45) is 2.71. The highest BCUT2D eigenvalue weighted by Gasteiger charge is 2.44. The van der Waals surface area contributed by atoms with E-state index in [1.807, 2.05) is 50.2 Å². The van der Waals surface area contributed by atoms with Crippen molar-refractivity contribution in [2.45, 2.75) is 71.2 Å². The van der Waals surface area contributed by atoms with E-state index < -0.39 is 35.2 Å². The van der Waals surface area contributed by atoms with Gasteiger partial charge in [-0.3, -0.25) is 14.4 Å². The Labute approximate surface area is 299 Å². The number of methoxy groups -OCH3 is 1. The van der Waals surface area contributed by atoms with Crippen LogP contribution in [0.25, 0.3) is 0 Å². The van der Waals surface area contributed by atoms with E-state index in [9.17, 15) is 23.9 Å². The smallest absolute Gasteiger partial charge is 0.249 e. The molecule has 0 fully saturated rings. The molecule has 6 N–H and O–H groups in total. The summed E-state index contributed by atoms with van der Waals surface area (Å²) in [6, 6.07) is 20.0. The first-order chi connectivity index (χ1) is 24.5. The van der Waals surface area contributed by atoms with Gasteiger partial charge in [0.15, 0.2) is 0 Å². The molecule has 1 aliphatic rings. The molecule has 3 atom stereocenters. The molecular weight excluding hydrogens is 651 g/mol. The summed E-state index contributed by atoms with van der Waals surface area (Å²) in [6.45, 7) is 5.26. The van der Waals surface area contributed by atoms with Gasteiger partial charge in [0.1, 0.15) is 23.9 Å². The Morgan fingerprint density at radius 2 is 1.65 bits per heavy atom. The van der Waals surface area contributed by atoms with Gasteiger partial charge in [0, 0.05) is 42.9 Å². The normalized spacial score (nSPS) is 16.7. The molecule has 0 heterocycles. The number of aliphatic hydroxyl groups excluding tert-OH is 1. The Hall–Kier alpha value is -5.00. The summed E-state index contributed by atoms with van der Waals surface area (Å²) in [4.78, 5) is 42.5. The second kappa shape index (κ2) is 18.3. The number of nitrogens with zero attached hydrogens (tertiary/aromatic N) is 1. The molecule has 0 bridgehead atoms. The van der Waals surface area contributed by atoms with Crippen LogP contribution in [0.3, 0.4) is 0 Å². The van der Waals surface area contributed by atoms with Crippen LogP contribution < -0.4 is 26.3 Å². The molecule has 1 unspecified atom stereocenters. The monoisotopic (exact) mass is 700 g/mol. The van der Waals surface area contributed by atoms with Crippen molar-refractivity contribution in [3.63, 3.8) is 0 Å². The maximum absolute atomic E-state index is 14.7. The zero-order valence-corrected chi connectivity index (χ0v) is 29.6. The molecule has 11 heteroatoms. The number of amides is 3. The predicted molar refractivity (Wildman–Crippen MR) is 194 cm³/mol. The van der Waals surface area contributed by atoms with Gasteiger partial charge in [-0.2, -0.15) is 0 Å². The molecule has 1 aliphatic carbocycles. The van der Waals surface area contributed by atoms with E-state index in [1.165, 1.54) is 24.3 Å². The summed E-state index contributed by atoms with van der Waals surface area (Å²) in [5.74, 6) is -1.25. The first-order valence-electron chi connectivity index (χ1n) is 17.3. The third-order valence-corrected chi connectivity index (χ3v) is 8.86. The van der Waals surface area contributed by atoms with Crippen LogP contribution in [-0.2, 0) is 34.0 Å². The fraction of sp³-hybridized carbons (Fsp3) is 0.375. The molecule has 10 nitrogen and oxygen atoms in total. The number of benzene rings is 3. The Bertz CT molecular complexity index is 1720. The predicted octanol–water partition coefficient (Wildman–Crippen LogP) is 4.73. The van der Waals surface area contributed by atoms with Crippen LogP contribution in [0.2, 0.25) is 0 Å². The van der Waals surface area contributed by atoms with E-state index in [4.69, 9.17) is 20.9 Å². The minimum atomic E-state index is -1.57. The number of ether oxygens (including phenoxy) is 2. The molecule has 0 saturated heterocycles. The summed E-state index contributed by atoms with van der Waals surface area (Å²) < 4.78 is 25.8. The maximum Gasteiger partial charge on any atom is 0.249 e. The van der Waals surface area contributed by atoms with Crippen molar-refractivity contribution in [1.82, 2.24) is 10.2 Å². The van der Waals surface area contributed by atoms with Gasteiger partial charge in [-0.15, -0.1) is 0 Å². The van der Waals surface area contributed by atoms with Gasteiger partial charge in [0.2, 0.25) is 17.7 Å². The lowest BCUT2D eigenvalue weighted by atomic mass is 9.70. The van der Waals surface area contributed by atoms with Crippen molar-refractivity contribution < 1.29 is 33.4 Å². The average molecular weight is 701 g/mol. The second-order valence-corrected chi connectivity index (χ2v) is 13.0. The molecule has 3 amide bonds. The second-order valence-electron chi connectivity index (χ2n) is 13.0. The lowest BCUT2D eigenvalue weighted by molar-refractivity contribution is -0.131. The van der Waals surface area contributed by atoms with Crippen molar-refractivity contribution in [3.05, 3.63) is 119 Å². The third kappa shape index (κ3) is 10.7. The van der Waals surface area contributed by atoms with Gasteiger partial charge in [0.25, 0.3) is 0 Å². The Morgan fingerprint density at radius 1 is 0.961 bits per heavy atom. The lowest BCUT2D eigenvalue weighted by Crippen LogP contribution is -2.48. The zero-order chi connectivity index (χ0) is 37.0. The first-order valence-corrected chi connectivity index (χ1v) is 17.3. The Balaban J connectivity index is 1.62. The Morgan fingerprint density at radius 3 is 2.31 bits per heavy atom. The number of nitrogens with two attached hydrogens (primary N) is 2. The van der Waals surface area contributed by atoms with Crippen molar-refractivity contribution in [2.24, 2.45) is 16.9 Å². The number of carbonyl (C=O) groups is 3. The Kier molecular flexibility index (Phi) is 13.9. The van der Waals surface area contributed by atoms with E-state index in [0.717, 1.165) is 24.0 Å². The number of rotatable bonds is 18. The summed E-state index contributed by atoms with van der Waals surface area (Å²) in [5, 5.41) is 14.5. The van der Waals surface area contributed by atoms with Gasteiger partial charge in [-0.25, -0.2) is 4.39 Å². The van der Waals surface area contributed by atoms with Crippen LogP contribution >= 0.6 is 0 Å². The number of carbonyl (C=O) groups excluding carboxylic acids is 3. The van der Waals surface area contributed by atoms with Crippen molar-refractivity contribution >= 4 is 17.7 Å².